The summed E-state index contributed by atoms with van der Waals surface area (Å²) in [7, 11) is 3.39. The van der Waals surface area contributed by atoms with Crippen molar-refractivity contribution in [3.05, 3.63) is 57.3 Å². The first kappa shape index (κ1) is 18.6. The molecule has 0 spiro atoms. The molecule has 0 N–H and O–H groups in total. The minimum atomic E-state index is -0.328. The molecule has 0 amide bonds. The van der Waals surface area contributed by atoms with Gasteiger partial charge in [-0.05, 0) is 30.5 Å². The van der Waals surface area contributed by atoms with Gasteiger partial charge in [-0.2, -0.15) is 0 Å². The number of rotatable bonds is 4. The summed E-state index contributed by atoms with van der Waals surface area (Å²) in [6, 6.07) is 3.87. The fourth-order valence-corrected chi connectivity index (χ4v) is 2.58. The minimum Gasteiger partial charge on any atom is -0.328 e. The molecule has 0 aliphatic heterocycles. The van der Waals surface area contributed by atoms with Crippen LogP contribution < -0.4 is 11.2 Å². The van der Waals surface area contributed by atoms with E-state index in [0.717, 1.165) is 12.0 Å². The van der Waals surface area contributed by atoms with Crippen molar-refractivity contribution in [1.29, 1.82) is 0 Å². The summed E-state index contributed by atoms with van der Waals surface area (Å²) in [5, 5.41) is 0. The van der Waals surface area contributed by atoms with Gasteiger partial charge in [0.15, 0.2) is 11.2 Å². The molecular weight excluding hydrogens is 318 g/mol. The molecule has 3 heterocycles. The molecule has 0 saturated heterocycles. The largest absolute Gasteiger partial charge is 0.332 e. The van der Waals surface area contributed by atoms with Crippen molar-refractivity contribution >= 4 is 11.2 Å². The summed E-state index contributed by atoms with van der Waals surface area (Å²) in [4.78, 5) is 32.9. The molecule has 3 aromatic rings. The van der Waals surface area contributed by atoms with Crippen molar-refractivity contribution in [1.82, 2.24) is 23.7 Å². The molecule has 25 heavy (non-hydrogen) atoms. The van der Waals surface area contributed by atoms with Gasteiger partial charge in [-0.3, -0.25) is 18.9 Å². The number of aromatic nitrogens is 5. The van der Waals surface area contributed by atoms with E-state index in [1.54, 1.807) is 37.4 Å². The fraction of sp³-hybridized carbons (Fsp3) is 0.444. The van der Waals surface area contributed by atoms with E-state index in [4.69, 9.17) is 0 Å². The van der Waals surface area contributed by atoms with E-state index in [-0.39, 0.29) is 11.2 Å². The summed E-state index contributed by atoms with van der Waals surface area (Å²) < 4.78 is 4.35. The Labute approximate surface area is 146 Å². The van der Waals surface area contributed by atoms with Crippen LogP contribution in [0, 0.1) is 0 Å². The topological polar surface area (TPSA) is 74.7 Å². The maximum atomic E-state index is 12.5. The van der Waals surface area contributed by atoms with Crippen LogP contribution in [0.2, 0.25) is 0 Å². The van der Waals surface area contributed by atoms with E-state index in [9.17, 15) is 9.59 Å². The van der Waals surface area contributed by atoms with E-state index >= 15 is 0 Å². The monoisotopic (exact) mass is 343 g/mol. The number of fused-ring (bicyclic) bond motifs is 1. The van der Waals surface area contributed by atoms with E-state index in [2.05, 4.69) is 23.8 Å². The molecule has 3 aromatic heterocycles. The molecule has 3 rings (SSSR count). The summed E-state index contributed by atoms with van der Waals surface area (Å²) in [6.45, 7) is 4.63. The molecule has 7 nitrogen and oxygen atoms in total. The zero-order valence-electron chi connectivity index (χ0n) is 15.3. The Hall–Kier alpha value is -2.70. The summed E-state index contributed by atoms with van der Waals surface area (Å²) in [6.07, 6.45) is 7.78. The maximum absolute atomic E-state index is 12.5. The Morgan fingerprint density at radius 3 is 2.36 bits per heavy atom. The van der Waals surface area contributed by atoms with Crippen LogP contribution in [-0.2, 0) is 27.1 Å². The van der Waals surface area contributed by atoms with Crippen LogP contribution in [0.15, 0.2) is 40.4 Å². The third-order valence-corrected chi connectivity index (χ3v) is 3.80. The first-order valence-electron chi connectivity index (χ1n) is 8.51. The van der Waals surface area contributed by atoms with Gasteiger partial charge in [0.2, 0.25) is 0 Å². The molecule has 0 aliphatic rings. The number of nitrogens with zero attached hydrogens (tertiary/aromatic N) is 5. The Kier molecular flexibility index (Phi) is 6.27. The van der Waals surface area contributed by atoms with Crippen molar-refractivity contribution in [3.63, 3.8) is 0 Å². The van der Waals surface area contributed by atoms with Crippen molar-refractivity contribution < 1.29 is 0 Å². The van der Waals surface area contributed by atoms with Crippen molar-refractivity contribution in [3.8, 4) is 0 Å². The maximum Gasteiger partial charge on any atom is 0.332 e. The lowest BCUT2D eigenvalue weighted by Gasteiger charge is -2.08. The second-order valence-electron chi connectivity index (χ2n) is 5.99. The van der Waals surface area contributed by atoms with Gasteiger partial charge >= 0.3 is 5.69 Å². The second-order valence-corrected chi connectivity index (χ2v) is 5.99. The number of aryl methyl sites for hydroxylation is 3. The van der Waals surface area contributed by atoms with E-state index in [1.165, 1.54) is 15.6 Å². The van der Waals surface area contributed by atoms with Crippen LogP contribution in [0.4, 0.5) is 0 Å². The van der Waals surface area contributed by atoms with Gasteiger partial charge in [-0.15, -0.1) is 0 Å². The first-order valence-corrected chi connectivity index (χ1v) is 8.51. The third-order valence-electron chi connectivity index (χ3n) is 3.80. The van der Waals surface area contributed by atoms with Gasteiger partial charge in [-0.25, -0.2) is 9.78 Å². The molecule has 7 heteroatoms. The van der Waals surface area contributed by atoms with Crippen molar-refractivity contribution in [2.75, 3.05) is 0 Å². The van der Waals surface area contributed by atoms with Crippen molar-refractivity contribution in [2.24, 2.45) is 14.1 Å². The van der Waals surface area contributed by atoms with Crippen LogP contribution >= 0.6 is 0 Å². The summed E-state index contributed by atoms with van der Waals surface area (Å²) in [5.74, 6) is 0. The smallest absolute Gasteiger partial charge is 0.328 e. The second kappa shape index (κ2) is 8.41. The van der Waals surface area contributed by atoms with E-state index < -0.39 is 0 Å². The molecule has 0 aliphatic carbocycles. The zero-order valence-corrected chi connectivity index (χ0v) is 15.3. The zero-order chi connectivity index (χ0) is 18.4. The SMILES string of the molecule is CCC.Cn1cnc2c1c(=O)n(CCCc1ccncc1)c(=O)n2C. The average Bonchev–Trinajstić information content (AvgIpc) is 2.99. The van der Waals surface area contributed by atoms with Crippen LogP contribution in [0.5, 0.6) is 0 Å². The normalized spacial score (nSPS) is 10.6. The Balaban J connectivity index is 0.000000701. The van der Waals surface area contributed by atoms with Crippen molar-refractivity contribution in [2.45, 2.75) is 39.7 Å². The lowest BCUT2D eigenvalue weighted by atomic mass is 10.1. The Morgan fingerprint density at radius 1 is 1.08 bits per heavy atom. The highest BCUT2D eigenvalue weighted by atomic mass is 16.2. The lowest BCUT2D eigenvalue weighted by molar-refractivity contribution is 0.571. The van der Waals surface area contributed by atoms with Crippen LogP contribution in [0.25, 0.3) is 11.2 Å². The summed E-state index contributed by atoms with van der Waals surface area (Å²) in [5.41, 5.74) is 1.40. The molecule has 0 fully saturated rings. The molecule has 0 atom stereocenters. The number of hydrogen-bond acceptors (Lipinski definition) is 4. The van der Waals surface area contributed by atoms with Gasteiger partial charge in [0.25, 0.3) is 5.56 Å². The van der Waals surface area contributed by atoms with E-state index in [1.807, 2.05) is 12.1 Å². The van der Waals surface area contributed by atoms with Crippen LogP contribution in [0.1, 0.15) is 32.3 Å². The quantitative estimate of drug-likeness (QED) is 0.725. The molecule has 0 unspecified atom stereocenters. The van der Waals surface area contributed by atoms with Gasteiger partial charge in [0.1, 0.15) is 0 Å². The predicted molar refractivity (Wildman–Crippen MR) is 98.7 cm³/mol. The van der Waals surface area contributed by atoms with Gasteiger partial charge in [-0.1, -0.05) is 20.3 Å². The Morgan fingerprint density at radius 2 is 1.72 bits per heavy atom. The number of imidazole rings is 1. The van der Waals surface area contributed by atoms with Crippen LogP contribution in [0.3, 0.4) is 0 Å². The number of hydrogen-bond donors (Lipinski definition) is 0. The highest BCUT2D eigenvalue weighted by molar-refractivity contribution is 5.69. The molecule has 134 valence electrons. The Bertz CT molecular complexity index is 938. The molecule has 0 saturated carbocycles. The van der Waals surface area contributed by atoms with Gasteiger partial charge in [0, 0.05) is 33.0 Å². The molecule has 0 bridgehead atoms. The van der Waals surface area contributed by atoms with E-state index in [0.29, 0.717) is 24.1 Å². The molecule has 0 radical (unpaired) electrons. The lowest BCUT2D eigenvalue weighted by Crippen LogP contribution is -2.39. The predicted octanol–water partition coefficient (Wildman–Crippen LogP) is 1.88. The fourth-order valence-electron chi connectivity index (χ4n) is 2.58. The van der Waals surface area contributed by atoms with Gasteiger partial charge < -0.3 is 4.57 Å². The minimum absolute atomic E-state index is 0.284. The molecule has 0 aromatic carbocycles. The average molecular weight is 343 g/mol. The van der Waals surface area contributed by atoms with Gasteiger partial charge in [0.05, 0.1) is 6.33 Å². The highest BCUT2D eigenvalue weighted by Gasteiger charge is 2.14. The molecular formula is C18H25N5O2. The first-order chi connectivity index (χ1) is 12.0. The number of pyridine rings is 1. The highest BCUT2D eigenvalue weighted by Crippen LogP contribution is 2.04. The summed E-state index contributed by atoms with van der Waals surface area (Å²) >= 11 is 0. The van der Waals surface area contributed by atoms with Crippen LogP contribution in [-0.4, -0.2) is 23.7 Å². The standard InChI is InChI=1S/C15H17N5O2.C3H8/c1-18-10-17-13-12(18)14(21)20(15(22)19(13)2)9-3-4-11-5-7-16-8-6-11;1-3-2/h5-8,10H,3-4,9H2,1-2H3;3H2,1-2H3. The third kappa shape index (κ3) is 4.04.